The highest BCUT2D eigenvalue weighted by atomic mass is 32.1. The summed E-state index contributed by atoms with van der Waals surface area (Å²) in [6, 6.07) is 1.57. The highest BCUT2D eigenvalue weighted by Gasteiger charge is 2.20. The largest absolute Gasteiger partial charge is 0.505 e. The van der Waals surface area contributed by atoms with E-state index in [9.17, 15) is 19.0 Å². The number of thiol groups is 1. The van der Waals surface area contributed by atoms with Crippen molar-refractivity contribution in [1.29, 1.82) is 0 Å². The fourth-order valence-corrected chi connectivity index (χ4v) is 1.29. The van der Waals surface area contributed by atoms with Gasteiger partial charge >= 0.3 is 0 Å². The maximum absolute atomic E-state index is 12.8. The summed E-state index contributed by atoms with van der Waals surface area (Å²) in [6.45, 7) is 0. The zero-order valence-corrected chi connectivity index (χ0v) is 8.46. The van der Waals surface area contributed by atoms with Crippen LogP contribution in [0.2, 0.25) is 0 Å². The molecule has 3 nitrogen and oxygen atoms in total. The van der Waals surface area contributed by atoms with E-state index in [-0.39, 0.29) is 11.3 Å². The van der Waals surface area contributed by atoms with Crippen molar-refractivity contribution in [3.8, 4) is 5.75 Å². The van der Waals surface area contributed by atoms with Gasteiger partial charge in [0.25, 0.3) is 0 Å². The highest BCUT2D eigenvalue weighted by Crippen LogP contribution is 2.26. The fraction of sp³-hybridized carbons (Fsp3) is 0.333. The number of aliphatic hydroxyl groups excluding tert-OH is 2. The minimum atomic E-state index is -1.41. The SMILES string of the molecule is Oc1cc(C(O)C(O)CS)cc(F)c1F. The smallest absolute Gasteiger partial charge is 0.200 e. The van der Waals surface area contributed by atoms with E-state index in [1.807, 2.05) is 0 Å². The first-order valence-corrected chi connectivity index (χ1v) is 4.75. The van der Waals surface area contributed by atoms with Gasteiger partial charge in [0.2, 0.25) is 0 Å². The molecule has 0 fully saturated rings. The number of aromatic hydroxyl groups is 1. The van der Waals surface area contributed by atoms with Crippen LogP contribution in [0.25, 0.3) is 0 Å². The molecule has 0 saturated carbocycles. The Morgan fingerprint density at radius 1 is 1.27 bits per heavy atom. The van der Waals surface area contributed by atoms with Crippen LogP contribution in [-0.2, 0) is 0 Å². The van der Waals surface area contributed by atoms with Gasteiger partial charge in [0.05, 0.1) is 6.10 Å². The van der Waals surface area contributed by atoms with Crippen molar-refractivity contribution in [1.82, 2.24) is 0 Å². The Morgan fingerprint density at radius 2 is 1.87 bits per heavy atom. The van der Waals surface area contributed by atoms with E-state index in [4.69, 9.17) is 5.11 Å². The molecular weight excluding hydrogens is 226 g/mol. The average Bonchev–Trinajstić information content (AvgIpc) is 2.23. The van der Waals surface area contributed by atoms with Gasteiger partial charge in [0.1, 0.15) is 6.10 Å². The number of aliphatic hydroxyl groups is 2. The van der Waals surface area contributed by atoms with E-state index < -0.39 is 29.6 Å². The third kappa shape index (κ3) is 2.58. The molecule has 0 heterocycles. The molecule has 1 rings (SSSR count). The molecule has 6 heteroatoms. The van der Waals surface area contributed by atoms with Gasteiger partial charge < -0.3 is 15.3 Å². The Morgan fingerprint density at radius 3 is 2.33 bits per heavy atom. The molecule has 0 aromatic heterocycles. The topological polar surface area (TPSA) is 60.7 Å². The van der Waals surface area contributed by atoms with Gasteiger partial charge in [-0.2, -0.15) is 17.0 Å². The second kappa shape index (κ2) is 4.78. The molecule has 0 aliphatic rings. The lowest BCUT2D eigenvalue weighted by Gasteiger charge is -2.16. The third-order valence-electron chi connectivity index (χ3n) is 1.92. The van der Waals surface area contributed by atoms with Crippen LogP contribution in [0.4, 0.5) is 8.78 Å². The molecule has 15 heavy (non-hydrogen) atoms. The Kier molecular flexibility index (Phi) is 3.90. The van der Waals surface area contributed by atoms with Crippen molar-refractivity contribution in [2.45, 2.75) is 12.2 Å². The van der Waals surface area contributed by atoms with E-state index in [2.05, 4.69) is 12.6 Å². The fourth-order valence-electron chi connectivity index (χ4n) is 1.09. The standard InChI is InChI=1S/C9H10F2O3S/c10-5-1-4(2-6(12)8(5)11)9(14)7(13)3-15/h1-2,7,9,12-15H,3H2. The number of phenolic OH excluding ortho intramolecular Hbond substituents is 1. The minimum Gasteiger partial charge on any atom is -0.505 e. The van der Waals surface area contributed by atoms with Crippen molar-refractivity contribution in [3.63, 3.8) is 0 Å². The van der Waals surface area contributed by atoms with Crippen molar-refractivity contribution < 1.29 is 24.1 Å². The van der Waals surface area contributed by atoms with Crippen LogP contribution < -0.4 is 0 Å². The van der Waals surface area contributed by atoms with E-state index in [1.54, 1.807) is 0 Å². The summed E-state index contributed by atoms with van der Waals surface area (Å²) in [5.74, 6) is -3.61. The van der Waals surface area contributed by atoms with Crippen LogP contribution >= 0.6 is 12.6 Å². The lowest BCUT2D eigenvalue weighted by molar-refractivity contribution is 0.0333. The van der Waals surface area contributed by atoms with Crippen LogP contribution in [0.1, 0.15) is 11.7 Å². The number of phenols is 1. The number of hydrogen-bond donors (Lipinski definition) is 4. The summed E-state index contributed by atoms with van der Waals surface area (Å²) in [5.41, 5.74) is -0.104. The maximum atomic E-state index is 12.8. The number of halogens is 2. The van der Waals surface area contributed by atoms with E-state index >= 15 is 0 Å². The molecule has 2 atom stereocenters. The number of rotatable bonds is 3. The summed E-state index contributed by atoms with van der Waals surface area (Å²) < 4.78 is 25.5. The van der Waals surface area contributed by atoms with Crippen LogP contribution in [0, 0.1) is 11.6 Å². The van der Waals surface area contributed by atoms with Crippen LogP contribution in [0.5, 0.6) is 5.75 Å². The van der Waals surface area contributed by atoms with Crippen molar-refractivity contribution in [2.75, 3.05) is 5.75 Å². The zero-order valence-electron chi connectivity index (χ0n) is 7.56. The van der Waals surface area contributed by atoms with Crippen LogP contribution in [0.3, 0.4) is 0 Å². The van der Waals surface area contributed by atoms with Gasteiger partial charge in [-0.3, -0.25) is 0 Å². The first kappa shape index (κ1) is 12.2. The van der Waals surface area contributed by atoms with Crippen LogP contribution in [0.15, 0.2) is 12.1 Å². The Balaban J connectivity index is 3.06. The summed E-state index contributed by atoms with van der Waals surface area (Å²) >= 11 is 3.74. The van der Waals surface area contributed by atoms with Gasteiger partial charge in [-0.1, -0.05) is 0 Å². The van der Waals surface area contributed by atoms with E-state index in [1.165, 1.54) is 0 Å². The van der Waals surface area contributed by atoms with Gasteiger partial charge in [0, 0.05) is 5.75 Å². The lowest BCUT2D eigenvalue weighted by atomic mass is 10.0. The summed E-state index contributed by atoms with van der Waals surface area (Å²) in [6.07, 6.45) is -2.62. The number of hydrogen-bond acceptors (Lipinski definition) is 4. The van der Waals surface area contributed by atoms with Gasteiger partial charge in [0.15, 0.2) is 17.4 Å². The van der Waals surface area contributed by atoms with Crippen molar-refractivity contribution in [2.24, 2.45) is 0 Å². The molecular formula is C9H10F2O3S. The molecule has 0 aliphatic carbocycles. The second-order valence-electron chi connectivity index (χ2n) is 3.03. The Labute approximate surface area is 90.4 Å². The van der Waals surface area contributed by atoms with E-state index in [0.717, 1.165) is 6.07 Å². The first-order chi connectivity index (χ1) is 6.97. The normalized spacial score (nSPS) is 15.0. The second-order valence-corrected chi connectivity index (χ2v) is 3.40. The molecule has 0 amide bonds. The van der Waals surface area contributed by atoms with Crippen LogP contribution in [-0.4, -0.2) is 27.2 Å². The monoisotopic (exact) mass is 236 g/mol. The van der Waals surface area contributed by atoms with Gasteiger partial charge in [-0.25, -0.2) is 4.39 Å². The zero-order chi connectivity index (χ0) is 11.6. The lowest BCUT2D eigenvalue weighted by Crippen LogP contribution is -2.19. The summed E-state index contributed by atoms with van der Waals surface area (Å²) in [5, 5.41) is 27.6. The van der Waals surface area contributed by atoms with E-state index in [0.29, 0.717) is 6.07 Å². The molecule has 2 unspecified atom stereocenters. The van der Waals surface area contributed by atoms with Crippen molar-refractivity contribution in [3.05, 3.63) is 29.3 Å². The molecule has 1 aromatic rings. The molecule has 0 aliphatic heterocycles. The van der Waals surface area contributed by atoms with Gasteiger partial charge in [-0.05, 0) is 17.7 Å². The summed E-state index contributed by atoms with van der Waals surface area (Å²) in [7, 11) is 0. The quantitative estimate of drug-likeness (QED) is 0.592. The molecule has 0 spiro atoms. The highest BCUT2D eigenvalue weighted by molar-refractivity contribution is 7.80. The predicted molar refractivity (Wildman–Crippen MR) is 52.8 cm³/mol. The molecule has 1 aromatic carbocycles. The summed E-state index contributed by atoms with van der Waals surface area (Å²) in [4.78, 5) is 0. The predicted octanol–water partition coefficient (Wildman–Crippen LogP) is 0.994. The van der Waals surface area contributed by atoms with Gasteiger partial charge in [-0.15, -0.1) is 0 Å². The number of benzene rings is 1. The molecule has 84 valence electrons. The molecule has 0 saturated heterocycles. The minimum absolute atomic E-state index is 0.0407. The molecule has 3 N–H and O–H groups in total. The Hall–Kier alpha value is -0.850. The molecule has 0 radical (unpaired) electrons. The molecule has 0 bridgehead atoms. The van der Waals surface area contributed by atoms with Crippen molar-refractivity contribution >= 4 is 12.6 Å². The average molecular weight is 236 g/mol. The third-order valence-corrected chi connectivity index (χ3v) is 2.30. The first-order valence-electron chi connectivity index (χ1n) is 4.12. The maximum Gasteiger partial charge on any atom is 0.200 e. The Bertz CT molecular complexity index is 336.